The molecule has 6 nitrogen and oxygen atoms in total. The fraction of sp³-hybridized carbons (Fsp3) is 0.267. The van der Waals surface area contributed by atoms with E-state index in [1.165, 1.54) is 6.07 Å². The molecule has 1 aliphatic heterocycles. The Morgan fingerprint density at radius 1 is 1.30 bits per heavy atom. The Hall–Kier alpha value is -2.25. The summed E-state index contributed by atoms with van der Waals surface area (Å²) in [6.07, 6.45) is 3.43. The number of anilines is 2. The van der Waals surface area contributed by atoms with Gasteiger partial charge in [0.25, 0.3) is 0 Å². The van der Waals surface area contributed by atoms with Crippen molar-refractivity contribution in [2.24, 2.45) is 0 Å². The van der Waals surface area contributed by atoms with Crippen LogP contribution in [-0.2, 0) is 4.74 Å². The first-order valence-electron chi connectivity index (χ1n) is 7.25. The van der Waals surface area contributed by atoms with Crippen molar-refractivity contribution in [2.75, 3.05) is 11.9 Å². The second-order valence-electron chi connectivity index (χ2n) is 5.24. The van der Waals surface area contributed by atoms with Gasteiger partial charge in [-0.2, -0.15) is 9.97 Å². The maximum absolute atomic E-state index is 13.8. The second kappa shape index (κ2) is 5.75. The molecule has 1 saturated heterocycles. The number of halogens is 2. The zero-order valence-electron chi connectivity index (χ0n) is 12.0. The van der Waals surface area contributed by atoms with Crippen LogP contribution in [0.5, 0.6) is 0 Å². The van der Waals surface area contributed by atoms with Gasteiger partial charge in [0.05, 0.1) is 12.0 Å². The normalized spacial score (nSPS) is 17.7. The zero-order chi connectivity index (χ0) is 15.8. The molecule has 3 heterocycles. The summed E-state index contributed by atoms with van der Waals surface area (Å²) in [5, 5.41) is 3.00. The van der Waals surface area contributed by atoms with Gasteiger partial charge in [-0.15, -0.1) is 0 Å². The van der Waals surface area contributed by atoms with E-state index in [2.05, 4.69) is 20.3 Å². The lowest BCUT2D eigenvalue weighted by atomic mass is 10.3. The molecule has 1 unspecified atom stereocenters. The molecule has 0 radical (unpaired) electrons. The molecule has 1 N–H and O–H groups in total. The lowest BCUT2D eigenvalue weighted by molar-refractivity contribution is 0.0593. The Morgan fingerprint density at radius 2 is 2.17 bits per heavy atom. The van der Waals surface area contributed by atoms with Crippen molar-refractivity contribution in [1.29, 1.82) is 0 Å². The highest BCUT2D eigenvalue weighted by Crippen LogP contribution is 2.30. The van der Waals surface area contributed by atoms with Gasteiger partial charge in [-0.25, -0.2) is 9.37 Å². The molecule has 0 amide bonds. The smallest absolute Gasteiger partial charge is 0.226 e. The largest absolute Gasteiger partial charge is 0.358 e. The molecular formula is C15H13ClFN5O. The first kappa shape index (κ1) is 14.3. The van der Waals surface area contributed by atoms with E-state index in [0.29, 0.717) is 29.3 Å². The molecule has 118 valence electrons. The van der Waals surface area contributed by atoms with Gasteiger partial charge in [0.15, 0.2) is 17.0 Å². The van der Waals surface area contributed by atoms with E-state index in [1.807, 2.05) is 4.57 Å². The van der Waals surface area contributed by atoms with E-state index in [9.17, 15) is 4.39 Å². The average molecular weight is 334 g/mol. The summed E-state index contributed by atoms with van der Waals surface area (Å²) in [4.78, 5) is 12.7. The number of nitrogens with zero attached hydrogens (tertiary/aromatic N) is 4. The number of para-hydroxylation sites is 1. The van der Waals surface area contributed by atoms with Gasteiger partial charge >= 0.3 is 0 Å². The second-order valence-corrected chi connectivity index (χ2v) is 5.58. The van der Waals surface area contributed by atoms with Crippen molar-refractivity contribution < 1.29 is 9.13 Å². The lowest BCUT2D eigenvalue weighted by Crippen LogP contribution is -2.07. The topological polar surface area (TPSA) is 64.9 Å². The SMILES string of the molecule is Fc1ccccc1Nc1nc(Cl)nc2c1ncn2C1CCCO1. The number of hydrogen-bond acceptors (Lipinski definition) is 5. The quantitative estimate of drug-likeness (QED) is 0.741. The fourth-order valence-corrected chi connectivity index (χ4v) is 2.82. The standard InChI is InChI=1S/C15H13ClFN5O/c16-15-20-13(19-10-5-2-1-4-9(10)17)12-14(21-15)22(8-18-12)11-6-3-7-23-11/h1-2,4-5,8,11H,3,6-7H2,(H,19,20,21). The molecule has 23 heavy (non-hydrogen) atoms. The molecular weight excluding hydrogens is 321 g/mol. The first-order chi connectivity index (χ1) is 11.2. The minimum atomic E-state index is -0.381. The third-order valence-corrected chi connectivity index (χ3v) is 3.91. The molecule has 2 aromatic heterocycles. The van der Waals surface area contributed by atoms with Crippen LogP contribution in [0.4, 0.5) is 15.9 Å². The maximum atomic E-state index is 13.8. The number of aromatic nitrogens is 4. The number of nitrogens with one attached hydrogen (secondary N) is 1. The number of benzene rings is 1. The zero-order valence-corrected chi connectivity index (χ0v) is 12.8. The summed E-state index contributed by atoms with van der Waals surface area (Å²) in [5.41, 5.74) is 1.39. The monoisotopic (exact) mass is 333 g/mol. The minimum Gasteiger partial charge on any atom is -0.358 e. The predicted molar refractivity (Wildman–Crippen MR) is 84.2 cm³/mol. The summed E-state index contributed by atoms with van der Waals surface area (Å²) in [5.74, 6) is -0.0178. The van der Waals surface area contributed by atoms with E-state index in [1.54, 1.807) is 24.5 Å². The van der Waals surface area contributed by atoms with Crippen molar-refractivity contribution in [3.63, 3.8) is 0 Å². The molecule has 1 atom stereocenters. The highest BCUT2D eigenvalue weighted by molar-refractivity contribution is 6.28. The summed E-state index contributed by atoms with van der Waals surface area (Å²) in [7, 11) is 0. The third kappa shape index (κ3) is 2.62. The van der Waals surface area contributed by atoms with Gasteiger partial charge in [0, 0.05) is 6.61 Å². The molecule has 0 bridgehead atoms. The van der Waals surface area contributed by atoms with Crippen LogP contribution in [0.15, 0.2) is 30.6 Å². The predicted octanol–water partition coefficient (Wildman–Crippen LogP) is 3.67. The lowest BCUT2D eigenvalue weighted by Gasteiger charge is -2.12. The van der Waals surface area contributed by atoms with E-state index in [-0.39, 0.29) is 17.3 Å². The van der Waals surface area contributed by atoms with Gasteiger partial charge in [-0.3, -0.25) is 4.57 Å². The average Bonchev–Trinajstić information content (AvgIpc) is 3.18. The summed E-state index contributed by atoms with van der Waals surface area (Å²) in [6.45, 7) is 0.712. The van der Waals surface area contributed by atoms with Crippen molar-refractivity contribution in [3.8, 4) is 0 Å². The highest BCUT2D eigenvalue weighted by Gasteiger charge is 2.22. The molecule has 4 rings (SSSR count). The van der Waals surface area contributed by atoms with Crippen molar-refractivity contribution >= 4 is 34.3 Å². The Labute approximate surface area is 136 Å². The molecule has 8 heteroatoms. The fourth-order valence-electron chi connectivity index (χ4n) is 2.66. The van der Waals surface area contributed by atoms with Gasteiger partial charge < -0.3 is 10.1 Å². The summed E-state index contributed by atoms with van der Waals surface area (Å²) in [6, 6.07) is 6.34. The molecule has 0 saturated carbocycles. The van der Waals surface area contributed by atoms with Crippen LogP contribution >= 0.6 is 11.6 Å². The Kier molecular flexibility index (Phi) is 3.59. The van der Waals surface area contributed by atoms with E-state index < -0.39 is 0 Å². The van der Waals surface area contributed by atoms with Crippen LogP contribution in [0.3, 0.4) is 0 Å². The maximum Gasteiger partial charge on any atom is 0.226 e. The van der Waals surface area contributed by atoms with Crippen LogP contribution < -0.4 is 5.32 Å². The van der Waals surface area contributed by atoms with Gasteiger partial charge in [0.2, 0.25) is 5.28 Å². The minimum absolute atomic E-state index is 0.0658. The number of ether oxygens (including phenoxy) is 1. The third-order valence-electron chi connectivity index (χ3n) is 3.74. The van der Waals surface area contributed by atoms with Gasteiger partial charge in [0.1, 0.15) is 12.0 Å². The number of fused-ring (bicyclic) bond motifs is 1. The molecule has 1 aliphatic rings. The van der Waals surface area contributed by atoms with Gasteiger partial charge in [-0.05, 0) is 36.6 Å². The van der Waals surface area contributed by atoms with E-state index >= 15 is 0 Å². The Morgan fingerprint density at radius 3 is 2.96 bits per heavy atom. The Balaban J connectivity index is 1.79. The van der Waals surface area contributed by atoms with Crippen LogP contribution in [0.2, 0.25) is 5.28 Å². The van der Waals surface area contributed by atoms with Crippen LogP contribution in [0.25, 0.3) is 11.2 Å². The molecule has 1 fully saturated rings. The summed E-state index contributed by atoms with van der Waals surface area (Å²) < 4.78 is 21.3. The number of rotatable bonds is 3. The number of hydrogen-bond donors (Lipinski definition) is 1. The van der Waals surface area contributed by atoms with Crippen molar-refractivity contribution in [2.45, 2.75) is 19.1 Å². The molecule has 3 aromatic rings. The van der Waals surface area contributed by atoms with Gasteiger partial charge in [-0.1, -0.05) is 12.1 Å². The highest BCUT2D eigenvalue weighted by atomic mass is 35.5. The molecule has 0 spiro atoms. The summed E-state index contributed by atoms with van der Waals surface area (Å²) >= 11 is 6.03. The molecule has 0 aliphatic carbocycles. The van der Waals surface area contributed by atoms with Crippen molar-refractivity contribution in [1.82, 2.24) is 19.5 Å². The van der Waals surface area contributed by atoms with Crippen LogP contribution in [0.1, 0.15) is 19.1 Å². The van der Waals surface area contributed by atoms with Crippen molar-refractivity contribution in [3.05, 3.63) is 41.7 Å². The molecule has 1 aromatic carbocycles. The van der Waals surface area contributed by atoms with Crippen LogP contribution in [0, 0.1) is 5.82 Å². The van der Waals surface area contributed by atoms with Crippen LogP contribution in [-0.4, -0.2) is 26.1 Å². The van der Waals surface area contributed by atoms with E-state index in [4.69, 9.17) is 16.3 Å². The number of imidazole rings is 1. The van der Waals surface area contributed by atoms with E-state index in [0.717, 1.165) is 12.8 Å². The first-order valence-corrected chi connectivity index (χ1v) is 7.63. The Bertz CT molecular complexity index is 862.